The molecule has 1 aliphatic rings. The number of nitrogens with two attached hydrogens (primary N) is 1. The van der Waals surface area contributed by atoms with Gasteiger partial charge in [-0.25, -0.2) is 0 Å². The number of halogens is 2. The summed E-state index contributed by atoms with van der Waals surface area (Å²) in [4.78, 5) is 24.7. The van der Waals surface area contributed by atoms with Crippen LogP contribution < -0.4 is 11.1 Å². The number of para-hydroxylation sites is 1. The van der Waals surface area contributed by atoms with E-state index in [4.69, 9.17) is 28.9 Å². The van der Waals surface area contributed by atoms with Gasteiger partial charge in [0.2, 0.25) is 11.8 Å². The Hall–Kier alpha value is -2.24. The molecule has 0 bridgehead atoms. The van der Waals surface area contributed by atoms with Gasteiger partial charge in [0.15, 0.2) is 5.41 Å². The van der Waals surface area contributed by atoms with Crippen LogP contribution >= 0.6 is 23.2 Å². The molecule has 5 nitrogen and oxygen atoms in total. The van der Waals surface area contributed by atoms with Gasteiger partial charge in [0.25, 0.3) is 0 Å². The number of hydrogen-bond donors (Lipinski definition) is 3. The van der Waals surface area contributed by atoms with Gasteiger partial charge in [0, 0.05) is 22.7 Å². The van der Waals surface area contributed by atoms with Gasteiger partial charge in [0.1, 0.15) is 5.75 Å². The number of carbonyl (C=O) groups is 2. The van der Waals surface area contributed by atoms with Crippen LogP contribution in [0.5, 0.6) is 5.75 Å². The van der Waals surface area contributed by atoms with Crippen LogP contribution in [0.3, 0.4) is 0 Å². The third kappa shape index (κ3) is 2.33. The zero-order valence-corrected chi connectivity index (χ0v) is 13.3. The van der Waals surface area contributed by atoms with Crippen LogP contribution in [0.4, 0.5) is 5.69 Å². The Morgan fingerprint density at radius 2 is 1.96 bits per heavy atom. The molecule has 3 rings (SSSR count). The van der Waals surface area contributed by atoms with Crippen LogP contribution in [0, 0.1) is 0 Å². The zero-order chi connectivity index (χ0) is 16.8. The van der Waals surface area contributed by atoms with E-state index in [2.05, 4.69) is 5.32 Å². The van der Waals surface area contributed by atoms with Crippen LogP contribution in [0.1, 0.15) is 11.1 Å². The van der Waals surface area contributed by atoms with Crippen molar-refractivity contribution in [2.24, 2.45) is 5.73 Å². The number of anilines is 1. The molecule has 0 saturated carbocycles. The highest BCUT2D eigenvalue weighted by Crippen LogP contribution is 2.43. The highest BCUT2D eigenvalue weighted by Gasteiger charge is 2.52. The summed E-state index contributed by atoms with van der Waals surface area (Å²) < 4.78 is 0. The van der Waals surface area contributed by atoms with Gasteiger partial charge in [-0.1, -0.05) is 41.4 Å². The number of aromatic hydroxyl groups is 1. The fourth-order valence-corrected chi connectivity index (χ4v) is 3.40. The van der Waals surface area contributed by atoms with Crippen molar-refractivity contribution in [1.29, 1.82) is 0 Å². The first-order valence-corrected chi connectivity index (χ1v) is 7.49. The van der Waals surface area contributed by atoms with Crippen molar-refractivity contribution in [1.82, 2.24) is 0 Å². The predicted molar refractivity (Wildman–Crippen MR) is 87.8 cm³/mol. The lowest BCUT2D eigenvalue weighted by molar-refractivity contribution is -0.132. The lowest BCUT2D eigenvalue weighted by Crippen LogP contribution is -2.48. The predicted octanol–water partition coefficient (Wildman–Crippen LogP) is 2.62. The summed E-state index contributed by atoms with van der Waals surface area (Å²) in [5.41, 5.74) is 5.20. The average molecular weight is 351 g/mol. The molecule has 2 aromatic rings. The highest BCUT2D eigenvalue weighted by molar-refractivity contribution is 6.35. The van der Waals surface area contributed by atoms with Crippen LogP contribution in [-0.4, -0.2) is 16.9 Å². The van der Waals surface area contributed by atoms with Crippen LogP contribution in [0.15, 0.2) is 36.4 Å². The highest BCUT2D eigenvalue weighted by atomic mass is 35.5. The summed E-state index contributed by atoms with van der Waals surface area (Å²) >= 11 is 11.9. The number of primary amides is 1. The molecule has 1 unspecified atom stereocenters. The third-order valence-electron chi connectivity index (χ3n) is 4.01. The molecule has 2 aromatic carbocycles. The molecule has 2 amide bonds. The number of hydrogen-bond acceptors (Lipinski definition) is 3. The molecule has 7 heteroatoms. The molecule has 0 aliphatic carbocycles. The van der Waals surface area contributed by atoms with E-state index >= 15 is 0 Å². The molecule has 1 aliphatic heterocycles. The van der Waals surface area contributed by atoms with Crippen molar-refractivity contribution >= 4 is 40.7 Å². The Morgan fingerprint density at radius 1 is 1.26 bits per heavy atom. The lowest BCUT2D eigenvalue weighted by atomic mass is 9.75. The summed E-state index contributed by atoms with van der Waals surface area (Å²) in [5.74, 6) is -1.58. The monoisotopic (exact) mass is 350 g/mol. The molecule has 23 heavy (non-hydrogen) atoms. The molecule has 4 N–H and O–H groups in total. The number of benzene rings is 2. The van der Waals surface area contributed by atoms with Crippen LogP contribution in [0.25, 0.3) is 0 Å². The molecule has 1 atom stereocenters. The maximum Gasteiger partial charge on any atom is 0.245 e. The molecule has 0 radical (unpaired) electrons. The molecule has 0 fully saturated rings. The van der Waals surface area contributed by atoms with Gasteiger partial charge in [-0.15, -0.1) is 0 Å². The van der Waals surface area contributed by atoms with Crippen molar-refractivity contribution in [2.75, 3.05) is 5.32 Å². The first kappa shape index (κ1) is 15.6. The SMILES string of the molecule is NC(=O)C1(Cc2cc(Cl)cc(Cl)c2O)C(=O)Nc2ccccc21. The maximum atomic E-state index is 12.5. The van der Waals surface area contributed by atoms with E-state index < -0.39 is 17.2 Å². The number of nitrogens with one attached hydrogen (secondary N) is 1. The van der Waals surface area contributed by atoms with Gasteiger partial charge < -0.3 is 16.2 Å². The van der Waals surface area contributed by atoms with Gasteiger partial charge in [-0.2, -0.15) is 0 Å². The van der Waals surface area contributed by atoms with Gasteiger partial charge in [0.05, 0.1) is 5.02 Å². The molecule has 0 saturated heterocycles. The Labute approximate surface area is 142 Å². The normalized spacial score (nSPS) is 19.3. The number of fused-ring (bicyclic) bond motifs is 1. The Kier molecular flexibility index (Phi) is 3.70. The van der Waals surface area contributed by atoms with Crippen molar-refractivity contribution in [2.45, 2.75) is 11.8 Å². The van der Waals surface area contributed by atoms with Gasteiger partial charge >= 0.3 is 0 Å². The standard InChI is InChI=1S/C16H12Cl2N2O3/c17-9-5-8(13(21)11(18)6-9)7-16(14(19)22)10-3-1-2-4-12(10)20-15(16)23/h1-6,21H,7H2,(H2,19,22)(H,20,23). The van der Waals surface area contributed by atoms with E-state index in [-0.39, 0.29) is 27.8 Å². The lowest BCUT2D eigenvalue weighted by Gasteiger charge is -2.24. The minimum Gasteiger partial charge on any atom is -0.506 e. The summed E-state index contributed by atoms with van der Waals surface area (Å²) in [5, 5.41) is 13.1. The van der Waals surface area contributed by atoms with Crippen LogP contribution in [-0.2, 0) is 21.4 Å². The van der Waals surface area contributed by atoms with Crippen molar-refractivity contribution in [3.8, 4) is 5.75 Å². The quantitative estimate of drug-likeness (QED) is 0.742. The second kappa shape index (κ2) is 5.44. The fourth-order valence-electron chi connectivity index (χ4n) is 2.86. The maximum absolute atomic E-state index is 12.5. The smallest absolute Gasteiger partial charge is 0.245 e. The Morgan fingerprint density at radius 3 is 2.65 bits per heavy atom. The summed E-state index contributed by atoms with van der Waals surface area (Å²) in [6.07, 6.45) is -0.142. The van der Waals surface area contributed by atoms with Crippen LogP contribution in [0.2, 0.25) is 10.0 Å². The van der Waals surface area contributed by atoms with E-state index in [0.29, 0.717) is 11.3 Å². The molecule has 0 spiro atoms. The second-order valence-corrected chi connectivity index (χ2v) is 6.19. The summed E-state index contributed by atoms with van der Waals surface area (Å²) in [6, 6.07) is 9.62. The molecular formula is C16H12Cl2N2O3. The minimum absolute atomic E-state index is 0.0406. The molecule has 118 valence electrons. The molecular weight excluding hydrogens is 339 g/mol. The van der Waals surface area contributed by atoms with Gasteiger partial charge in [-0.3, -0.25) is 9.59 Å². The Bertz CT molecular complexity index is 838. The second-order valence-electron chi connectivity index (χ2n) is 5.34. The number of phenols is 1. The topological polar surface area (TPSA) is 92.4 Å². The number of amides is 2. The van der Waals surface area contributed by atoms with Gasteiger partial charge in [-0.05, 0) is 23.8 Å². The molecule has 1 heterocycles. The summed E-state index contributed by atoms with van der Waals surface area (Å²) in [6.45, 7) is 0. The van der Waals surface area contributed by atoms with Crippen molar-refractivity contribution < 1.29 is 14.7 Å². The van der Waals surface area contributed by atoms with Crippen molar-refractivity contribution in [3.63, 3.8) is 0 Å². The van der Waals surface area contributed by atoms with E-state index in [1.807, 2.05) is 0 Å². The number of rotatable bonds is 3. The molecule has 0 aromatic heterocycles. The first-order valence-electron chi connectivity index (χ1n) is 6.74. The van der Waals surface area contributed by atoms with E-state index in [0.717, 1.165) is 0 Å². The first-order chi connectivity index (χ1) is 10.9. The van der Waals surface area contributed by atoms with E-state index in [1.54, 1.807) is 24.3 Å². The fraction of sp³-hybridized carbons (Fsp3) is 0.125. The Balaban J connectivity index is 2.19. The minimum atomic E-state index is -1.62. The van der Waals surface area contributed by atoms with E-state index in [9.17, 15) is 14.7 Å². The average Bonchev–Trinajstić information content (AvgIpc) is 2.77. The van der Waals surface area contributed by atoms with E-state index in [1.165, 1.54) is 12.1 Å². The summed E-state index contributed by atoms with van der Waals surface area (Å²) in [7, 11) is 0. The zero-order valence-electron chi connectivity index (χ0n) is 11.8. The third-order valence-corrected chi connectivity index (χ3v) is 4.51. The largest absolute Gasteiger partial charge is 0.506 e. The van der Waals surface area contributed by atoms with Crippen molar-refractivity contribution in [3.05, 3.63) is 57.6 Å². The number of phenolic OH excluding ortho intramolecular Hbond substituents is 1. The number of carbonyl (C=O) groups excluding carboxylic acids is 2.